The van der Waals surface area contributed by atoms with E-state index >= 15 is 0 Å². The first-order valence-electron chi connectivity index (χ1n) is 5.29. The molecule has 1 aromatic rings. The van der Waals surface area contributed by atoms with Crippen LogP contribution < -0.4 is 5.43 Å². The lowest BCUT2D eigenvalue weighted by molar-refractivity contribution is 0.272. The molecule has 0 saturated carbocycles. The zero-order chi connectivity index (χ0) is 9.80. The summed E-state index contributed by atoms with van der Waals surface area (Å²) in [7, 11) is 0. The van der Waals surface area contributed by atoms with Crippen LogP contribution in [-0.2, 0) is 0 Å². The van der Waals surface area contributed by atoms with Gasteiger partial charge in [0, 0.05) is 19.3 Å². The summed E-state index contributed by atoms with van der Waals surface area (Å²) in [6.07, 6.45) is 5.79. The van der Waals surface area contributed by atoms with Crippen molar-refractivity contribution in [3.8, 4) is 0 Å². The average Bonchev–Trinajstić information content (AvgIpc) is 2.19. The van der Waals surface area contributed by atoms with Gasteiger partial charge in [0.25, 0.3) is 0 Å². The molecule has 0 spiro atoms. The third kappa shape index (κ3) is 2.45. The Labute approximate surface area is 85.1 Å². The smallest absolute Gasteiger partial charge is 0.140 e. The van der Waals surface area contributed by atoms with Crippen molar-refractivity contribution in [1.82, 2.24) is 9.99 Å². The number of rotatable bonds is 2. The summed E-state index contributed by atoms with van der Waals surface area (Å²) in [6, 6.07) is 4.09. The van der Waals surface area contributed by atoms with Crippen LogP contribution >= 0.6 is 0 Å². The molecule has 1 saturated heterocycles. The van der Waals surface area contributed by atoms with Crippen LogP contribution in [0.4, 0.5) is 5.82 Å². The molecule has 3 nitrogen and oxygen atoms in total. The molecule has 3 heteroatoms. The maximum atomic E-state index is 4.28. The number of pyridine rings is 1. The minimum Gasteiger partial charge on any atom is -0.303 e. The summed E-state index contributed by atoms with van der Waals surface area (Å²) in [5.74, 6) is 0.965. The lowest BCUT2D eigenvalue weighted by atomic mass is 10.2. The number of piperidine rings is 1. The van der Waals surface area contributed by atoms with E-state index in [9.17, 15) is 0 Å². The highest BCUT2D eigenvalue weighted by atomic mass is 15.5. The van der Waals surface area contributed by atoms with Crippen molar-refractivity contribution in [3.05, 3.63) is 23.9 Å². The van der Waals surface area contributed by atoms with Crippen molar-refractivity contribution in [2.24, 2.45) is 0 Å². The van der Waals surface area contributed by atoms with E-state index in [0.717, 1.165) is 18.9 Å². The molecule has 76 valence electrons. The standard InChI is InChI=1S/C11H17N3/c1-10-5-6-12-11(9-10)13-14-7-3-2-4-8-14/h5-6,9H,2-4,7-8H2,1H3,(H,12,13). The fourth-order valence-corrected chi connectivity index (χ4v) is 1.77. The zero-order valence-corrected chi connectivity index (χ0v) is 8.66. The van der Waals surface area contributed by atoms with E-state index in [4.69, 9.17) is 0 Å². The molecule has 1 aliphatic heterocycles. The molecule has 0 aromatic carbocycles. The van der Waals surface area contributed by atoms with Crippen LogP contribution in [0.15, 0.2) is 18.3 Å². The van der Waals surface area contributed by atoms with E-state index in [2.05, 4.69) is 28.4 Å². The van der Waals surface area contributed by atoms with Gasteiger partial charge in [-0.2, -0.15) is 0 Å². The number of nitrogens with one attached hydrogen (secondary N) is 1. The second-order valence-corrected chi connectivity index (χ2v) is 3.88. The molecule has 1 aromatic heterocycles. The Morgan fingerprint density at radius 2 is 2.07 bits per heavy atom. The van der Waals surface area contributed by atoms with E-state index in [0.29, 0.717) is 0 Å². The summed E-state index contributed by atoms with van der Waals surface area (Å²) in [5.41, 5.74) is 4.59. The molecular formula is C11H17N3. The van der Waals surface area contributed by atoms with Crippen molar-refractivity contribution in [2.45, 2.75) is 26.2 Å². The van der Waals surface area contributed by atoms with Gasteiger partial charge in [0.1, 0.15) is 5.82 Å². The molecule has 0 unspecified atom stereocenters. The monoisotopic (exact) mass is 191 g/mol. The number of hydrazine groups is 1. The Morgan fingerprint density at radius 3 is 2.79 bits per heavy atom. The molecule has 1 aliphatic rings. The van der Waals surface area contributed by atoms with E-state index < -0.39 is 0 Å². The third-order valence-electron chi connectivity index (χ3n) is 2.54. The molecule has 2 heterocycles. The molecule has 0 bridgehead atoms. The summed E-state index contributed by atoms with van der Waals surface area (Å²) in [5, 5.41) is 2.26. The highest BCUT2D eigenvalue weighted by molar-refractivity contribution is 5.35. The van der Waals surface area contributed by atoms with Crippen LogP contribution in [0.1, 0.15) is 24.8 Å². The van der Waals surface area contributed by atoms with Crippen LogP contribution in [0.3, 0.4) is 0 Å². The number of hydrogen-bond donors (Lipinski definition) is 1. The molecule has 0 atom stereocenters. The van der Waals surface area contributed by atoms with Crippen molar-refractivity contribution in [3.63, 3.8) is 0 Å². The van der Waals surface area contributed by atoms with E-state index in [-0.39, 0.29) is 0 Å². The summed E-state index contributed by atoms with van der Waals surface area (Å²) < 4.78 is 0. The van der Waals surface area contributed by atoms with E-state index in [1.807, 2.05) is 12.3 Å². The van der Waals surface area contributed by atoms with Crippen LogP contribution in [0.5, 0.6) is 0 Å². The lowest BCUT2D eigenvalue weighted by Crippen LogP contribution is -2.35. The molecule has 0 amide bonds. The highest BCUT2D eigenvalue weighted by Crippen LogP contribution is 2.11. The quantitative estimate of drug-likeness (QED) is 0.776. The molecule has 0 radical (unpaired) electrons. The largest absolute Gasteiger partial charge is 0.303 e. The SMILES string of the molecule is Cc1ccnc(NN2CCCCC2)c1. The van der Waals surface area contributed by atoms with Gasteiger partial charge in [-0.05, 0) is 37.5 Å². The molecule has 1 N–H and O–H groups in total. The predicted octanol–water partition coefficient (Wildman–Crippen LogP) is 2.20. The van der Waals surface area contributed by atoms with Crippen molar-refractivity contribution < 1.29 is 0 Å². The second-order valence-electron chi connectivity index (χ2n) is 3.88. The third-order valence-corrected chi connectivity index (χ3v) is 2.54. The number of anilines is 1. The molecule has 1 fully saturated rings. The van der Waals surface area contributed by atoms with Gasteiger partial charge >= 0.3 is 0 Å². The maximum absolute atomic E-state index is 4.28. The Hall–Kier alpha value is -1.09. The van der Waals surface area contributed by atoms with Gasteiger partial charge < -0.3 is 5.43 Å². The molecule has 14 heavy (non-hydrogen) atoms. The predicted molar refractivity (Wildman–Crippen MR) is 58.0 cm³/mol. The van der Waals surface area contributed by atoms with E-state index in [1.54, 1.807) is 0 Å². The fourth-order valence-electron chi connectivity index (χ4n) is 1.77. The Kier molecular flexibility index (Phi) is 2.99. The van der Waals surface area contributed by atoms with Crippen LogP contribution in [-0.4, -0.2) is 23.1 Å². The topological polar surface area (TPSA) is 28.2 Å². The first kappa shape index (κ1) is 9.46. The first-order valence-corrected chi connectivity index (χ1v) is 5.29. The Morgan fingerprint density at radius 1 is 1.29 bits per heavy atom. The highest BCUT2D eigenvalue weighted by Gasteiger charge is 2.09. The van der Waals surface area contributed by atoms with E-state index in [1.165, 1.54) is 24.8 Å². The number of aromatic nitrogens is 1. The van der Waals surface area contributed by atoms with Crippen LogP contribution in [0.25, 0.3) is 0 Å². The van der Waals surface area contributed by atoms with Crippen molar-refractivity contribution in [1.29, 1.82) is 0 Å². The van der Waals surface area contributed by atoms with Gasteiger partial charge in [0.05, 0.1) is 0 Å². The minimum atomic E-state index is 0.965. The summed E-state index contributed by atoms with van der Waals surface area (Å²) >= 11 is 0. The number of aryl methyl sites for hydroxylation is 1. The Bertz CT molecular complexity index is 292. The summed E-state index contributed by atoms with van der Waals surface area (Å²) in [6.45, 7) is 4.36. The normalized spacial score (nSPS) is 18.1. The number of hydrogen-bond acceptors (Lipinski definition) is 3. The van der Waals surface area contributed by atoms with Crippen LogP contribution in [0, 0.1) is 6.92 Å². The Balaban J connectivity index is 1.95. The maximum Gasteiger partial charge on any atom is 0.140 e. The molecule has 2 rings (SSSR count). The fraction of sp³-hybridized carbons (Fsp3) is 0.545. The first-order chi connectivity index (χ1) is 6.84. The van der Waals surface area contributed by atoms with Gasteiger partial charge in [-0.3, -0.25) is 0 Å². The van der Waals surface area contributed by atoms with Gasteiger partial charge in [-0.1, -0.05) is 6.42 Å². The minimum absolute atomic E-state index is 0.965. The van der Waals surface area contributed by atoms with Gasteiger partial charge in [-0.15, -0.1) is 0 Å². The van der Waals surface area contributed by atoms with Crippen molar-refractivity contribution >= 4 is 5.82 Å². The summed E-state index contributed by atoms with van der Waals surface area (Å²) in [4.78, 5) is 4.28. The van der Waals surface area contributed by atoms with Gasteiger partial charge in [0.2, 0.25) is 0 Å². The average molecular weight is 191 g/mol. The van der Waals surface area contributed by atoms with Crippen molar-refractivity contribution in [2.75, 3.05) is 18.5 Å². The van der Waals surface area contributed by atoms with Gasteiger partial charge in [0.15, 0.2) is 0 Å². The van der Waals surface area contributed by atoms with Crippen LogP contribution in [0.2, 0.25) is 0 Å². The molecular weight excluding hydrogens is 174 g/mol. The zero-order valence-electron chi connectivity index (χ0n) is 8.66. The second kappa shape index (κ2) is 4.42. The molecule has 0 aliphatic carbocycles. The number of nitrogens with zero attached hydrogens (tertiary/aromatic N) is 2. The lowest BCUT2D eigenvalue weighted by Gasteiger charge is -2.27. The van der Waals surface area contributed by atoms with Gasteiger partial charge in [-0.25, -0.2) is 9.99 Å².